The van der Waals surface area contributed by atoms with Crippen molar-refractivity contribution in [1.29, 1.82) is 0 Å². The highest BCUT2D eigenvalue weighted by molar-refractivity contribution is 5.85. The Bertz CT molecular complexity index is 222. The number of piperidine rings is 1. The van der Waals surface area contributed by atoms with Crippen LogP contribution in [-0.2, 0) is 0 Å². The van der Waals surface area contributed by atoms with E-state index in [0.717, 1.165) is 6.54 Å². The van der Waals surface area contributed by atoms with Crippen molar-refractivity contribution in [3.05, 3.63) is 0 Å². The van der Waals surface area contributed by atoms with Gasteiger partial charge in [0.25, 0.3) is 0 Å². The monoisotopic (exact) mass is 231 g/mol. The van der Waals surface area contributed by atoms with Gasteiger partial charge in [0, 0.05) is 12.1 Å². The number of likely N-dealkylation sites (tertiary alicyclic amines) is 1. The molecule has 1 saturated heterocycles. The largest absolute Gasteiger partial charge is 0.381 e. The van der Waals surface area contributed by atoms with Crippen LogP contribution in [0.4, 0.5) is 0 Å². The molecule has 0 amide bonds. The minimum Gasteiger partial charge on any atom is -0.381 e. The lowest BCUT2D eigenvalue weighted by Crippen LogP contribution is -2.43. The molecule has 1 fully saturated rings. The van der Waals surface area contributed by atoms with Gasteiger partial charge in [-0.2, -0.15) is 0 Å². The van der Waals surface area contributed by atoms with Gasteiger partial charge in [-0.1, -0.05) is 18.3 Å². The topological polar surface area (TPSA) is 23.5 Å². The quantitative estimate of drug-likeness (QED) is 0.699. The molecular weight excluding hydrogens is 210 g/mol. The summed E-state index contributed by atoms with van der Waals surface area (Å²) < 4.78 is 0. The second-order valence-electron chi connectivity index (χ2n) is 4.30. The Hall–Kier alpha value is -0.230. The van der Waals surface area contributed by atoms with Crippen LogP contribution in [-0.4, -0.2) is 34.7 Å². The molecule has 0 aromatic rings. The number of nitrogens with zero attached hydrogens (tertiary/aromatic N) is 1. The predicted octanol–water partition coefficient (Wildman–Crippen LogP) is 2.06. The Kier molecular flexibility index (Phi) is 7.00. The minimum atomic E-state index is -0.495. The maximum absolute atomic E-state index is 9.02. The first kappa shape index (κ1) is 14.8. The molecule has 1 rings (SSSR count). The number of rotatable bonds is 1. The summed E-state index contributed by atoms with van der Waals surface area (Å²) in [6.07, 6.45) is 3.40. The summed E-state index contributed by atoms with van der Waals surface area (Å²) in [6.45, 7) is 7.03. The first-order chi connectivity index (χ1) is 6.61. The number of hydrogen-bond donors (Lipinski definition) is 1. The molecule has 0 bridgehead atoms. The van der Waals surface area contributed by atoms with Crippen LogP contribution in [0.1, 0.15) is 40.0 Å². The Balaban J connectivity index is 0.00000196. The summed E-state index contributed by atoms with van der Waals surface area (Å²) in [5.41, 5.74) is 0. The maximum Gasteiger partial charge on any atom is 0.112 e. The van der Waals surface area contributed by atoms with E-state index in [1.807, 2.05) is 0 Å². The predicted molar refractivity (Wildman–Crippen MR) is 66.2 cm³/mol. The van der Waals surface area contributed by atoms with E-state index in [4.69, 9.17) is 5.11 Å². The van der Waals surface area contributed by atoms with Crippen LogP contribution in [0.15, 0.2) is 0 Å². The van der Waals surface area contributed by atoms with Crippen LogP contribution in [0.5, 0.6) is 0 Å². The second kappa shape index (κ2) is 7.11. The lowest BCUT2D eigenvalue weighted by atomic mass is 9.98. The molecule has 1 aliphatic rings. The van der Waals surface area contributed by atoms with Crippen molar-refractivity contribution >= 4 is 12.4 Å². The van der Waals surface area contributed by atoms with E-state index >= 15 is 0 Å². The molecule has 3 atom stereocenters. The molecule has 1 aliphatic heterocycles. The van der Waals surface area contributed by atoms with Crippen molar-refractivity contribution in [3.8, 4) is 11.8 Å². The molecule has 0 spiro atoms. The first-order valence-corrected chi connectivity index (χ1v) is 5.53. The molecule has 1 heterocycles. The number of aliphatic hydroxyl groups is 1. The fourth-order valence-electron chi connectivity index (χ4n) is 2.07. The van der Waals surface area contributed by atoms with Crippen molar-refractivity contribution < 1.29 is 5.11 Å². The van der Waals surface area contributed by atoms with Crippen LogP contribution in [0.2, 0.25) is 0 Å². The van der Waals surface area contributed by atoms with Gasteiger partial charge in [-0.05, 0) is 33.6 Å². The Morgan fingerprint density at radius 1 is 1.33 bits per heavy atom. The number of aliphatic hydroxyl groups excluding tert-OH is 1. The van der Waals surface area contributed by atoms with Crippen molar-refractivity contribution in [3.63, 3.8) is 0 Å². The van der Waals surface area contributed by atoms with E-state index in [-0.39, 0.29) is 12.4 Å². The fourth-order valence-corrected chi connectivity index (χ4v) is 2.07. The maximum atomic E-state index is 9.02. The third-order valence-corrected chi connectivity index (χ3v) is 2.95. The Labute approximate surface area is 99.5 Å². The van der Waals surface area contributed by atoms with Gasteiger partial charge in [0.1, 0.15) is 6.10 Å². The van der Waals surface area contributed by atoms with Gasteiger partial charge in [0.15, 0.2) is 0 Å². The van der Waals surface area contributed by atoms with Crippen LogP contribution in [0.25, 0.3) is 0 Å². The van der Waals surface area contributed by atoms with Gasteiger partial charge < -0.3 is 5.11 Å². The summed E-state index contributed by atoms with van der Waals surface area (Å²) >= 11 is 0. The highest BCUT2D eigenvalue weighted by Crippen LogP contribution is 2.21. The molecule has 0 aliphatic carbocycles. The van der Waals surface area contributed by atoms with Crippen LogP contribution < -0.4 is 0 Å². The molecular formula is C12H22ClNO. The minimum absolute atomic E-state index is 0. The zero-order chi connectivity index (χ0) is 10.6. The molecule has 88 valence electrons. The standard InChI is InChI=1S/C12H21NO.ClH/c1-10-6-4-7-11(2)13(10)9-5-8-12(3)14;/h10-12,14H,4,6-7,9H2,1-3H3;1H. The summed E-state index contributed by atoms with van der Waals surface area (Å²) in [7, 11) is 0. The third kappa shape index (κ3) is 4.88. The highest BCUT2D eigenvalue weighted by atomic mass is 35.5. The highest BCUT2D eigenvalue weighted by Gasteiger charge is 2.23. The summed E-state index contributed by atoms with van der Waals surface area (Å²) in [5.74, 6) is 5.84. The molecule has 1 N–H and O–H groups in total. The van der Waals surface area contributed by atoms with E-state index in [9.17, 15) is 0 Å². The lowest BCUT2D eigenvalue weighted by Gasteiger charge is -2.37. The molecule has 3 unspecified atom stereocenters. The van der Waals surface area contributed by atoms with Crippen LogP contribution >= 0.6 is 12.4 Å². The van der Waals surface area contributed by atoms with E-state index < -0.39 is 6.10 Å². The normalized spacial score (nSPS) is 28.5. The van der Waals surface area contributed by atoms with E-state index in [0.29, 0.717) is 12.1 Å². The lowest BCUT2D eigenvalue weighted by molar-refractivity contribution is 0.121. The second-order valence-corrected chi connectivity index (χ2v) is 4.30. The molecule has 0 aromatic heterocycles. The molecule has 3 heteroatoms. The van der Waals surface area contributed by atoms with Crippen molar-refractivity contribution in [1.82, 2.24) is 4.90 Å². The van der Waals surface area contributed by atoms with Gasteiger partial charge in [-0.3, -0.25) is 4.90 Å². The summed E-state index contributed by atoms with van der Waals surface area (Å²) in [4.78, 5) is 2.43. The summed E-state index contributed by atoms with van der Waals surface area (Å²) in [6, 6.07) is 1.28. The fraction of sp³-hybridized carbons (Fsp3) is 0.833. The Morgan fingerprint density at radius 2 is 1.87 bits per heavy atom. The average Bonchev–Trinajstić information content (AvgIpc) is 2.09. The molecule has 0 aromatic carbocycles. The molecule has 2 nitrogen and oxygen atoms in total. The zero-order valence-corrected chi connectivity index (χ0v) is 10.7. The first-order valence-electron chi connectivity index (χ1n) is 5.53. The van der Waals surface area contributed by atoms with Gasteiger partial charge in [0.2, 0.25) is 0 Å². The van der Waals surface area contributed by atoms with Gasteiger partial charge >= 0.3 is 0 Å². The molecule has 0 saturated carbocycles. The van der Waals surface area contributed by atoms with E-state index in [1.165, 1.54) is 19.3 Å². The zero-order valence-electron chi connectivity index (χ0n) is 9.86. The Morgan fingerprint density at radius 3 is 2.33 bits per heavy atom. The smallest absolute Gasteiger partial charge is 0.112 e. The van der Waals surface area contributed by atoms with Gasteiger partial charge in [0.05, 0.1) is 6.54 Å². The molecule has 15 heavy (non-hydrogen) atoms. The van der Waals surface area contributed by atoms with E-state index in [1.54, 1.807) is 6.92 Å². The SMILES string of the molecule is CC(O)C#CCN1C(C)CCCC1C.Cl. The van der Waals surface area contributed by atoms with Gasteiger partial charge in [-0.15, -0.1) is 12.4 Å². The van der Waals surface area contributed by atoms with Crippen LogP contribution in [0.3, 0.4) is 0 Å². The summed E-state index contributed by atoms with van der Waals surface area (Å²) in [5, 5.41) is 9.02. The number of halogens is 1. The van der Waals surface area contributed by atoms with Crippen molar-refractivity contribution in [2.24, 2.45) is 0 Å². The van der Waals surface area contributed by atoms with Crippen LogP contribution in [0, 0.1) is 11.8 Å². The van der Waals surface area contributed by atoms with Crippen molar-refractivity contribution in [2.45, 2.75) is 58.2 Å². The van der Waals surface area contributed by atoms with Crippen molar-refractivity contribution in [2.75, 3.05) is 6.54 Å². The van der Waals surface area contributed by atoms with Gasteiger partial charge in [-0.25, -0.2) is 0 Å². The third-order valence-electron chi connectivity index (χ3n) is 2.95. The number of hydrogen-bond acceptors (Lipinski definition) is 2. The van der Waals surface area contributed by atoms with E-state index in [2.05, 4.69) is 30.6 Å². The average molecular weight is 232 g/mol. The molecule has 0 radical (unpaired) electrons.